The fourth-order valence-electron chi connectivity index (χ4n) is 1.17. The van der Waals surface area contributed by atoms with Gasteiger partial charge in [0, 0.05) is 12.7 Å². The SMILES string of the molecule is CCOCc1nc(Cl)cc(NC(C)(C)C(N)=O)n1. The average Bonchev–Trinajstić information content (AvgIpc) is 2.24. The number of halogens is 1. The van der Waals surface area contributed by atoms with Crippen LogP contribution in [0.3, 0.4) is 0 Å². The van der Waals surface area contributed by atoms with E-state index < -0.39 is 11.4 Å². The molecule has 0 saturated carbocycles. The van der Waals surface area contributed by atoms with Crippen molar-refractivity contribution in [3.05, 3.63) is 17.0 Å². The first kappa shape index (κ1) is 14.7. The predicted octanol–water partition coefficient (Wildman–Crippen LogP) is 1.34. The molecule has 1 rings (SSSR count). The number of nitrogens with two attached hydrogens (primary N) is 1. The average molecular weight is 273 g/mol. The number of hydrogen-bond donors (Lipinski definition) is 2. The molecule has 0 saturated heterocycles. The first-order chi connectivity index (χ1) is 8.35. The topological polar surface area (TPSA) is 90.1 Å². The molecule has 0 aromatic carbocycles. The number of hydrogen-bond acceptors (Lipinski definition) is 5. The molecule has 18 heavy (non-hydrogen) atoms. The Kier molecular flexibility index (Phi) is 4.86. The van der Waals surface area contributed by atoms with E-state index in [0.29, 0.717) is 18.2 Å². The van der Waals surface area contributed by atoms with Crippen molar-refractivity contribution in [2.75, 3.05) is 11.9 Å². The van der Waals surface area contributed by atoms with E-state index in [4.69, 9.17) is 22.1 Å². The van der Waals surface area contributed by atoms with Gasteiger partial charge in [-0.3, -0.25) is 4.79 Å². The Hall–Kier alpha value is -1.40. The number of rotatable bonds is 6. The second-order valence-electron chi connectivity index (χ2n) is 4.24. The highest BCUT2D eigenvalue weighted by Crippen LogP contribution is 2.16. The van der Waals surface area contributed by atoms with Crippen molar-refractivity contribution < 1.29 is 9.53 Å². The van der Waals surface area contributed by atoms with Gasteiger partial charge in [-0.25, -0.2) is 9.97 Å². The molecular weight excluding hydrogens is 256 g/mol. The number of ether oxygens (including phenoxy) is 1. The molecule has 0 radical (unpaired) electrons. The summed E-state index contributed by atoms with van der Waals surface area (Å²) >= 11 is 5.87. The quantitative estimate of drug-likeness (QED) is 0.763. The molecule has 0 aliphatic carbocycles. The summed E-state index contributed by atoms with van der Waals surface area (Å²) in [5.41, 5.74) is 4.36. The molecule has 0 bridgehead atoms. The fourth-order valence-corrected chi connectivity index (χ4v) is 1.37. The molecular formula is C11H17ClN4O2. The monoisotopic (exact) mass is 272 g/mol. The molecule has 100 valence electrons. The number of anilines is 1. The Morgan fingerprint density at radius 1 is 1.56 bits per heavy atom. The molecule has 0 aliphatic heterocycles. The molecule has 1 aromatic rings. The standard InChI is InChI=1S/C11H17ClN4O2/c1-4-18-6-9-14-7(12)5-8(15-9)16-11(2,3)10(13)17/h5H,4,6H2,1-3H3,(H2,13,17)(H,14,15,16). The van der Waals surface area contributed by atoms with Gasteiger partial charge in [0.05, 0.1) is 0 Å². The summed E-state index contributed by atoms with van der Waals surface area (Å²) < 4.78 is 5.20. The van der Waals surface area contributed by atoms with Crippen LogP contribution in [0.25, 0.3) is 0 Å². The molecule has 1 heterocycles. The molecule has 0 aliphatic rings. The minimum absolute atomic E-state index is 0.267. The van der Waals surface area contributed by atoms with Crippen molar-refractivity contribution in [2.24, 2.45) is 5.73 Å². The number of carbonyl (C=O) groups excluding carboxylic acids is 1. The van der Waals surface area contributed by atoms with Gasteiger partial charge in [0.2, 0.25) is 5.91 Å². The van der Waals surface area contributed by atoms with Crippen LogP contribution in [0.2, 0.25) is 5.15 Å². The van der Waals surface area contributed by atoms with Crippen LogP contribution in [0.1, 0.15) is 26.6 Å². The van der Waals surface area contributed by atoms with Gasteiger partial charge in [0.15, 0.2) is 5.82 Å². The van der Waals surface area contributed by atoms with E-state index in [9.17, 15) is 4.79 Å². The van der Waals surface area contributed by atoms with Gasteiger partial charge in [-0.1, -0.05) is 11.6 Å². The molecule has 0 spiro atoms. The first-order valence-corrected chi connectivity index (χ1v) is 5.92. The van der Waals surface area contributed by atoms with Crippen molar-refractivity contribution in [2.45, 2.75) is 32.9 Å². The highest BCUT2D eigenvalue weighted by atomic mass is 35.5. The van der Waals surface area contributed by atoms with Gasteiger partial charge in [-0.15, -0.1) is 0 Å². The normalized spacial score (nSPS) is 11.3. The van der Waals surface area contributed by atoms with Crippen LogP contribution < -0.4 is 11.1 Å². The summed E-state index contributed by atoms with van der Waals surface area (Å²) in [6.45, 7) is 6.02. The predicted molar refractivity (Wildman–Crippen MR) is 69.3 cm³/mol. The zero-order valence-electron chi connectivity index (χ0n) is 10.7. The molecule has 7 heteroatoms. The van der Waals surface area contributed by atoms with Crippen molar-refractivity contribution in [1.29, 1.82) is 0 Å². The fraction of sp³-hybridized carbons (Fsp3) is 0.545. The van der Waals surface area contributed by atoms with Crippen LogP contribution in [0.4, 0.5) is 5.82 Å². The van der Waals surface area contributed by atoms with Gasteiger partial charge in [0.25, 0.3) is 0 Å². The largest absolute Gasteiger partial charge is 0.374 e. The maximum atomic E-state index is 11.2. The van der Waals surface area contributed by atoms with E-state index in [1.807, 2.05) is 6.92 Å². The zero-order chi connectivity index (χ0) is 13.8. The van der Waals surface area contributed by atoms with Crippen molar-refractivity contribution >= 4 is 23.3 Å². The molecule has 1 aromatic heterocycles. The van der Waals surface area contributed by atoms with Gasteiger partial charge in [0.1, 0.15) is 23.1 Å². The van der Waals surface area contributed by atoms with Gasteiger partial charge in [-0.2, -0.15) is 0 Å². The molecule has 6 nitrogen and oxygen atoms in total. The van der Waals surface area contributed by atoms with E-state index >= 15 is 0 Å². The molecule has 3 N–H and O–H groups in total. The number of amides is 1. The van der Waals surface area contributed by atoms with E-state index in [2.05, 4.69) is 15.3 Å². The zero-order valence-corrected chi connectivity index (χ0v) is 11.4. The van der Waals surface area contributed by atoms with E-state index in [1.165, 1.54) is 6.07 Å². The van der Waals surface area contributed by atoms with E-state index in [1.54, 1.807) is 13.8 Å². The van der Waals surface area contributed by atoms with Crippen molar-refractivity contribution in [3.8, 4) is 0 Å². The molecule has 0 atom stereocenters. The smallest absolute Gasteiger partial charge is 0.242 e. The van der Waals surface area contributed by atoms with Crippen LogP contribution in [-0.2, 0) is 16.1 Å². The third-order valence-corrected chi connectivity index (χ3v) is 2.43. The lowest BCUT2D eigenvalue weighted by molar-refractivity contribution is -0.121. The van der Waals surface area contributed by atoms with E-state index in [0.717, 1.165) is 0 Å². The third kappa shape index (κ3) is 4.12. The Bertz CT molecular complexity index is 437. The summed E-state index contributed by atoms with van der Waals surface area (Å²) in [4.78, 5) is 19.4. The second-order valence-corrected chi connectivity index (χ2v) is 4.63. The minimum atomic E-state index is -0.916. The molecule has 0 unspecified atom stereocenters. The maximum absolute atomic E-state index is 11.2. The number of nitrogens with zero attached hydrogens (tertiary/aromatic N) is 2. The Balaban J connectivity index is 2.89. The first-order valence-electron chi connectivity index (χ1n) is 5.54. The number of primary amides is 1. The Morgan fingerprint density at radius 2 is 2.22 bits per heavy atom. The summed E-state index contributed by atoms with van der Waals surface area (Å²) in [5, 5.41) is 3.19. The maximum Gasteiger partial charge on any atom is 0.242 e. The van der Waals surface area contributed by atoms with E-state index in [-0.39, 0.29) is 11.8 Å². The van der Waals surface area contributed by atoms with Gasteiger partial charge in [-0.05, 0) is 20.8 Å². The van der Waals surface area contributed by atoms with Crippen LogP contribution in [-0.4, -0.2) is 28.0 Å². The van der Waals surface area contributed by atoms with Gasteiger partial charge < -0.3 is 15.8 Å². The molecule has 0 fully saturated rings. The van der Waals surface area contributed by atoms with Crippen molar-refractivity contribution in [1.82, 2.24) is 9.97 Å². The van der Waals surface area contributed by atoms with Crippen LogP contribution in [0.15, 0.2) is 6.07 Å². The lowest BCUT2D eigenvalue weighted by atomic mass is 10.1. The number of aromatic nitrogens is 2. The summed E-state index contributed by atoms with van der Waals surface area (Å²) in [6.07, 6.45) is 0. The van der Waals surface area contributed by atoms with Gasteiger partial charge >= 0.3 is 0 Å². The third-order valence-electron chi connectivity index (χ3n) is 2.23. The summed E-state index contributed by atoms with van der Waals surface area (Å²) in [7, 11) is 0. The summed E-state index contributed by atoms with van der Waals surface area (Å²) in [5.74, 6) is 0.407. The summed E-state index contributed by atoms with van der Waals surface area (Å²) in [6, 6.07) is 1.53. The second kappa shape index (κ2) is 5.97. The van der Waals surface area contributed by atoms with Crippen LogP contribution in [0, 0.1) is 0 Å². The Labute approximate surface area is 111 Å². The van der Waals surface area contributed by atoms with Crippen LogP contribution >= 0.6 is 11.6 Å². The van der Waals surface area contributed by atoms with Crippen LogP contribution in [0.5, 0.6) is 0 Å². The number of carbonyl (C=O) groups is 1. The lowest BCUT2D eigenvalue weighted by Gasteiger charge is -2.23. The highest BCUT2D eigenvalue weighted by Gasteiger charge is 2.25. The minimum Gasteiger partial charge on any atom is -0.374 e. The molecule has 1 amide bonds. The van der Waals surface area contributed by atoms with Crippen molar-refractivity contribution in [3.63, 3.8) is 0 Å². The number of nitrogens with one attached hydrogen (secondary N) is 1. The Morgan fingerprint density at radius 3 is 2.78 bits per heavy atom. The lowest BCUT2D eigenvalue weighted by Crippen LogP contribution is -2.45. The highest BCUT2D eigenvalue weighted by molar-refractivity contribution is 6.29.